The van der Waals surface area contributed by atoms with Crippen molar-refractivity contribution >= 4 is 17.8 Å². The number of esters is 1. The smallest absolute Gasteiger partial charge is 0.326 e. The summed E-state index contributed by atoms with van der Waals surface area (Å²) >= 11 is 0. The second kappa shape index (κ2) is 41.2. The average molecular weight is 755 g/mol. The van der Waals surface area contributed by atoms with E-state index in [-0.39, 0.29) is 18.0 Å². The van der Waals surface area contributed by atoms with Gasteiger partial charge in [0.25, 0.3) is 0 Å². The van der Waals surface area contributed by atoms with E-state index in [0.29, 0.717) is 38.6 Å². The van der Waals surface area contributed by atoms with Gasteiger partial charge in [-0.25, -0.2) is 4.79 Å². The Bertz CT molecular complexity index is 1030. The van der Waals surface area contributed by atoms with Crippen LogP contribution in [0, 0.1) is 0 Å². The third-order valence-corrected chi connectivity index (χ3v) is 9.55. The summed E-state index contributed by atoms with van der Waals surface area (Å²) in [6, 6.07) is -0.872. The molecule has 0 aromatic carbocycles. The van der Waals surface area contributed by atoms with Gasteiger partial charge < -0.3 is 20.9 Å². The number of nitrogens with one attached hydrogen (secondary N) is 1. The number of aliphatic carboxylic acids is 1. The lowest BCUT2D eigenvalue weighted by Crippen LogP contribution is -2.40. The van der Waals surface area contributed by atoms with Crippen molar-refractivity contribution < 1.29 is 24.2 Å². The fourth-order valence-electron chi connectivity index (χ4n) is 6.23. The number of carbonyl (C=O) groups excluding carboxylic acids is 2. The molecule has 7 nitrogen and oxygen atoms in total. The molecule has 2 unspecified atom stereocenters. The summed E-state index contributed by atoms with van der Waals surface area (Å²) in [4.78, 5) is 36.3. The summed E-state index contributed by atoms with van der Waals surface area (Å²) in [5.41, 5.74) is 5.48. The molecule has 54 heavy (non-hydrogen) atoms. The highest BCUT2D eigenvalue weighted by molar-refractivity contribution is 5.83. The third-order valence-electron chi connectivity index (χ3n) is 9.55. The zero-order chi connectivity index (χ0) is 39.6. The molecule has 310 valence electrons. The van der Waals surface area contributed by atoms with Crippen molar-refractivity contribution in [3.8, 4) is 0 Å². The van der Waals surface area contributed by atoms with E-state index in [1.54, 1.807) is 0 Å². The number of nitrogens with two attached hydrogens (primary N) is 1. The van der Waals surface area contributed by atoms with Crippen molar-refractivity contribution in [3.63, 3.8) is 0 Å². The highest BCUT2D eigenvalue weighted by Crippen LogP contribution is 2.16. The van der Waals surface area contributed by atoms with E-state index in [1.165, 1.54) is 77.0 Å². The van der Waals surface area contributed by atoms with Gasteiger partial charge in [0.1, 0.15) is 12.1 Å². The van der Waals surface area contributed by atoms with Gasteiger partial charge in [0, 0.05) is 12.8 Å². The molecule has 7 heteroatoms. The molecular weight excluding hydrogens is 673 g/mol. The summed E-state index contributed by atoms with van der Waals surface area (Å²) in [5.74, 6) is -1.34. The molecule has 4 N–H and O–H groups in total. The average Bonchev–Trinajstić information content (AvgIpc) is 3.16. The molecule has 0 aliphatic rings. The maximum absolute atomic E-state index is 12.7. The summed E-state index contributed by atoms with van der Waals surface area (Å²) in [6.07, 6.45) is 51.5. The Morgan fingerprint density at radius 2 is 1.07 bits per heavy atom. The zero-order valence-electron chi connectivity index (χ0n) is 34.8. The number of ether oxygens (including phenoxy) is 1. The van der Waals surface area contributed by atoms with Gasteiger partial charge in [-0.1, -0.05) is 152 Å². The van der Waals surface area contributed by atoms with Crippen LogP contribution in [0.15, 0.2) is 60.8 Å². The van der Waals surface area contributed by atoms with Gasteiger partial charge in [-0.15, -0.1) is 0 Å². The van der Waals surface area contributed by atoms with E-state index >= 15 is 0 Å². The number of carboxylic acid groups (broad SMARTS) is 1. The lowest BCUT2D eigenvalue weighted by molar-refractivity contribution is -0.147. The van der Waals surface area contributed by atoms with Gasteiger partial charge >= 0.3 is 11.9 Å². The number of hydrogen-bond donors (Lipinski definition) is 3. The number of hydrogen-bond acceptors (Lipinski definition) is 5. The van der Waals surface area contributed by atoms with E-state index in [2.05, 4.69) is 79.9 Å². The van der Waals surface area contributed by atoms with E-state index in [9.17, 15) is 19.5 Å². The van der Waals surface area contributed by atoms with Crippen LogP contribution >= 0.6 is 0 Å². The molecule has 0 aliphatic heterocycles. The molecule has 0 radical (unpaired) electrons. The first-order valence-electron chi connectivity index (χ1n) is 22.1. The first-order chi connectivity index (χ1) is 26.4. The summed E-state index contributed by atoms with van der Waals surface area (Å²) < 4.78 is 5.91. The molecule has 2 atom stereocenters. The lowest BCUT2D eigenvalue weighted by Gasteiger charge is -2.15. The summed E-state index contributed by atoms with van der Waals surface area (Å²) in [5, 5.41) is 11.9. The monoisotopic (exact) mass is 755 g/mol. The molecule has 0 saturated carbocycles. The van der Waals surface area contributed by atoms with E-state index in [4.69, 9.17) is 10.5 Å². The van der Waals surface area contributed by atoms with Gasteiger partial charge in [0.15, 0.2) is 0 Å². The van der Waals surface area contributed by atoms with Gasteiger partial charge in [-0.3, -0.25) is 9.59 Å². The first kappa shape index (κ1) is 51.1. The first-order valence-corrected chi connectivity index (χ1v) is 22.1. The minimum atomic E-state index is -1.02. The summed E-state index contributed by atoms with van der Waals surface area (Å²) in [6.45, 7) is 4.78. The zero-order valence-corrected chi connectivity index (χ0v) is 34.8. The Morgan fingerprint density at radius 3 is 1.65 bits per heavy atom. The Balaban J connectivity index is 4.06. The van der Waals surface area contributed by atoms with Crippen LogP contribution in [0.1, 0.15) is 200 Å². The van der Waals surface area contributed by atoms with Crippen molar-refractivity contribution in [3.05, 3.63) is 60.8 Å². The molecule has 0 heterocycles. The van der Waals surface area contributed by atoms with Crippen LogP contribution in [0.3, 0.4) is 0 Å². The molecule has 0 aromatic heterocycles. The van der Waals surface area contributed by atoms with Crippen LogP contribution in [-0.4, -0.2) is 41.6 Å². The molecule has 0 aliphatic carbocycles. The highest BCUT2D eigenvalue weighted by Gasteiger charge is 2.19. The van der Waals surface area contributed by atoms with E-state index in [0.717, 1.165) is 77.0 Å². The molecule has 0 spiro atoms. The van der Waals surface area contributed by atoms with Crippen molar-refractivity contribution in [1.29, 1.82) is 0 Å². The number of unbranched alkanes of at least 4 members (excludes halogenated alkanes) is 17. The number of amides is 1. The minimum absolute atomic E-state index is 0.0970. The van der Waals surface area contributed by atoms with Crippen LogP contribution < -0.4 is 11.1 Å². The molecule has 0 rings (SSSR count). The lowest BCUT2D eigenvalue weighted by atomic mass is 10.0. The predicted octanol–water partition coefficient (Wildman–Crippen LogP) is 12.6. The van der Waals surface area contributed by atoms with Crippen LogP contribution in [0.4, 0.5) is 0 Å². The van der Waals surface area contributed by atoms with Crippen LogP contribution in [0.5, 0.6) is 0 Å². The van der Waals surface area contributed by atoms with Crippen molar-refractivity contribution in [2.75, 3.05) is 6.54 Å². The van der Waals surface area contributed by atoms with Gasteiger partial charge in [0.05, 0.1) is 0 Å². The topological polar surface area (TPSA) is 119 Å². The fraction of sp³-hybridized carbons (Fsp3) is 0.723. The number of rotatable bonds is 39. The SMILES string of the molecule is CC/C=C\C/C=C\C/C=C\C/C=C\CCCCCCCCCCCCC(=O)OC(/C=C\CCCCCC)CCCCCCC(=O)NC(CCCN)C(=O)O. The van der Waals surface area contributed by atoms with Crippen molar-refractivity contribution in [2.45, 2.75) is 212 Å². The molecule has 0 bridgehead atoms. The van der Waals surface area contributed by atoms with Crippen LogP contribution in [-0.2, 0) is 19.1 Å². The number of allylic oxidation sites excluding steroid dienone is 9. The highest BCUT2D eigenvalue weighted by atomic mass is 16.5. The number of carboxylic acids is 1. The predicted molar refractivity (Wildman–Crippen MR) is 229 cm³/mol. The van der Waals surface area contributed by atoms with Crippen molar-refractivity contribution in [2.24, 2.45) is 5.73 Å². The Kier molecular flexibility index (Phi) is 39.0. The number of carbonyl (C=O) groups is 3. The molecule has 0 saturated heterocycles. The van der Waals surface area contributed by atoms with Gasteiger partial charge in [-0.05, 0) is 103 Å². The standard InChI is InChI=1S/C47H82N2O5/c1-3-5-7-9-11-12-13-14-15-16-17-18-19-20-21-22-23-24-25-26-27-29-35-41-46(51)54-43(37-32-28-10-8-6-4-2)38-33-30-31-34-40-45(50)49-44(47(52)53)39-36-42-48/h5,7,11-12,14-15,17-18,32,37,43-44H,3-4,6,8-10,13,16,19-31,33-36,38-42,48H2,1-2H3,(H,49,50)(H,52,53)/b7-5-,12-11-,15-14-,18-17-,37-32-. The summed E-state index contributed by atoms with van der Waals surface area (Å²) in [7, 11) is 0. The van der Waals surface area contributed by atoms with Gasteiger partial charge in [-0.2, -0.15) is 0 Å². The molecule has 0 aromatic rings. The van der Waals surface area contributed by atoms with Gasteiger partial charge in [0.2, 0.25) is 5.91 Å². The molecule has 0 fully saturated rings. The fourth-order valence-corrected chi connectivity index (χ4v) is 6.23. The quantitative estimate of drug-likeness (QED) is 0.0327. The maximum Gasteiger partial charge on any atom is 0.326 e. The Labute approximate surface area is 331 Å². The molecular formula is C47H82N2O5. The van der Waals surface area contributed by atoms with Crippen LogP contribution in [0.25, 0.3) is 0 Å². The maximum atomic E-state index is 12.7. The van der Waals surface area contributed by atoms with Crippen LogP contribution in [0.2, 0.25) is 0 Å². The normalized spacial score (nSPS) is 13.2. The van der Waals surface area contributed by atoms with Crippen molar-refractivity contribution in [1.82, 2.24) is 5.32 Å². The largest absolute Gasteiger partial charge is 0.480 e. The van der Waals surface area contributed by atoms with E-state index < -0.39 is 12.0 Å². The Morgan fingerprint density at radius 1 is 0.574 bits per heavy atom. The second-order valence-corrected chi connectivity index (χ2v) is 14.7. The Hall–Kier alpha value is -2.93. The third kappa shape index (κ3) is 37.4. The molecule has 1 amide bonds. The van der Waals surface area contributed by atoms with E-state index in [1.807, 2.05) is 0 Å². The minimum Gasteiger partial charge on any atom is -0.480 e. The second-order valence-electron chi connectivity index (χ2n) is 14.7.